The van der Waals surface area contributed by atoms with Crippen molar-refractivity contribution < 1.29 is 10.2 Å². The summed E-state index contributed by atoms with van der Waals surface area (Å²) in [6, 6.07) is 0. The van der Waals surface area contributed by atoms with Gasteiger partial charge in [-0.1, -0.05) is 38.5 Å². The Kier molecular flexibility index (Phi) is 8.57. The van der Waals surface area contributed by atoms with E-state index in [1.807, 2.05) is 20.8 Å². The number of rotatable bonds is 6. The van der Waals surface area contributed by atoms with E-state index < -0.39 is 5.60 Å². The Bertz CT molecular complexity index is 372. The van der Waals surface area contributed by atoms with Gasteiger partial charge in [0.1, 0.15) is 0 Å². The molecule has 0 amide bonds. The molecule has 2 N–H and O–H groups in total. The van der Waals surface area contributed by atoms with E-state index in [1.165, 1.54) is 31.3 Å². The highest BCUT2D eigenvalue weighted by Crippen LogP contribution is 2.49. The van der Waals surface area contributed by atoms with Crippen molar-refractivity contribution in [3.63, 3.8) is 0 Å². The lowest BCUT2D eigenvalue weighted by molar-refractivity contribution is 0.0398. The molecule has 2 heteroatoms. The fraction of sp³-hybridized carbons (Fsp3) is 0.810. The first-order chi connectivity index (χ1) is 11.0. The summed E-state index contributed by atoms with van der Waals surface area (Å²) in [7, 11) is 0. The Morgan fingerprint density at radius 2 is 1.91 bits per heavy atom. The molecular weight excluding hydrogens is 284 g/mol. The van der Waals surface area contributed by atoms with Gasteiger partial charge in [-0.2, -0.15) is 0 Å². The van der Waals surface area contributed by atoms with Gasteiger partial charge < -0.3 is 10.2 Å². The lowest BCUT2D eigenvalue weighted by Crippen LogP contribution is -2.38. The summed E-state index contributed by atoms with van der Waals surface area (Å²) in [6.45, 7) is 14.2. The van der Waals surface area contributed by atoms with Gasteiger partial charge in [0.05, 0.1) is 5.60 Å². The summed E-state index contributed by atoms with van der Waals surface area (Å²) in [5, 5.41) is 19.7. The van der Waals surface area contributed by atoms with Crippen LogP contribution in [0, 0.1) is 23.7 Å². The molecule has 2 fully saturated rings. The molecule has 23 heavy (non-hydrogen) atoms. The molecule has 0 aromatic carbocycles. The second-order valence-corrected chi connectivity index (χ2v) is 7.46. The van der Waals surface area contributed by atoms with Crippen molar-refractivity contribution in [2.24, 2.45) is 23.7 Å². The SMILES string of the molecule is C=CC(C)(O)CCCC1C(=C)CCC2C(CO)CCCC12.CC. The van der Waals surface area contributed by atoms with Crippen LogP contribution in [0.2, 0.25) is 0 Å². The van der Waals surface area contributed by atoms with Gasteiger partial charge in [-0.05, 0) is 75.5 Å². The maximum Gasteiger partial charge on any atom is 0.0797 e. The molecule has 5 unspecified atom stereocenters. The third-order valence-electron chi connectivity index (χ3n) is 5.98. The maximum absolute atomic E-state index is 10.1. The van der Waals surface area contributed by atoms with Crippen LogP contribution in [0.15, 0.2) is 24.8 Å². The number of allylic oxidation sites excluding steroid dienone is 1. The van der Waals surface area contributed by atoms with Crippen LogP contribution >= 0.6 is 0 Å². The van der Waals surface area contributed by atoms with Crippen LogP contribution in [-0.2, 0) is 0 Å². The Balaban J connectivity index is 0.00000127. The molecule has 0 aromatic rings. The quantitative estimate of drug-likeness (QED) is 0.667. The molecule has 2 rings (SSSR count). The first kappa shape index (κ1) is 20.4. The van der Waals surface area contributed by atoms with E-state index in [0.717, 1.165) is 25.7 Å². The topological polar surface area (TPSA) is 40.5 Å². The highest BCUT2D eigenvalue weighted by molar-refractivity contribution is 5.10. The number of hydrogen-bond donors (Lipinski definition) is 2. The number of aliphatic hydroxyl groups is 2. The zero-order chi connectivity index (χ0) is 17.5. The lowest BCUT2D eigenvalue weighted by Gasteiger charge is -2.46. The van der Waals surface area contributed by atoms with Gasteiger partial charge in [0.25, 0.3) is 0 Å². The minimum Gasteiger partial charge on any atom is -0.396 e. The van der Waals surface area contributed by atoms with Gasteiger partial charge in [-0.25, -0.2) is 0 Å². The largest absolute Gasteiger partial charge is 0.396 e. The van der Waals surface area contributed by atoms with Crippen molar-refractivity contribution in [2.45, 2.75) is 77.7 Å². The highest BCUT2D eigenvalue weighted by Gasteiger charge is 2.40. The highest BCUT2D eigenvalue weighted by atomic mass is 16.3. The van der Waals surface area contributed by atoms with Crippen molar-refractivity contribution in [1.29, 1.82) is 0 Å². The monoisotopic (exact) mass is 322 g/mol. The molecule has 5 atom stereocenters. The van der Waals surface area contributed by atoms with Gasteiger partial charge in [0, 0.05) is 6.61 Å². The molecule has 0 spiro atoms. The molecule has 0 aromatic heterocycles. The molecular formula is C21H38O2. The molecule has 0 heterocycles. The van der Waals surface area contributed by atoms with Crippen molar-refractivity contribution in [2.75, 3.05) is 6.61 Å². The smallest absolute Gasteiger partial charge is 0.0797 e. The summed E-state index contributed by atoms with van der Waals surface area (Å²) in [4.78, 5) is 0. The van der Waals surface area contributed by atoms with Gasteiger partial charge in [-0.3, -0.25) is 0 Å². The van der Waals surface area contributed by atoms with E-state index in [2.05, 4.69) is 13.2 Å². The van der Waals surface area contributed by atoms with E-state index >= 15 is 0 Å². The molecule has 134 valence electrons. The van der Waals surface area contributed by atoms with Crippen molar-refractivity contribution in [3.8, 4) is 0 Å². The second kappa shape index (κ2) is 9.64. The van der Waals surface area contributed by atoms with Crippen LogP contribution in [0.3, 0.4) is 0 Å². The van der Waals surface area contributed by atoms with E-state index in [4.69, 9.17) is 0 Å². The molecule has 0 radical (unpaired) electrons. The van der Waals surface area contributed by atoms with E-state index in [1.54, 1.807) is 6.08 Å². The van der Waals surface area contributed by atoms with Crippen LogP contribution in [0.1, 0.15) is 72.1 Å². The Hall–Kier alpha value is -0.600. The second-order valence-electron chi connectivity index (χ2n) is 7.46. The van der Waals surface area contributed by atoms with Gasteiger partial charge in [0.15, 0.2) is 0 Å². The van der Waals surface area contributed by atoms with E-state index in [9.17, 15) is 10.2 Å². The van der Waals surface area contributed by atoms with Crippen molar-refractivity contribution >= 4 is 0 Å². The standard InChI is InChI=1S/C19H32O2.C2H6/c1-4-19(3,21)12-6-9-16-14(2)10-11-17-15(13-20)7-5-8-18(16)17;1-2/h4,15-18,20-21H,1-2,5-13H2,3H3;1-2H3. The van der Waals surface area contributed by atoms with Crippen LogP contribution in [-0.4, -0.2) is 22.4 Å². The lowest BCUT2D eigenvalue weighted by atomic mass is 9.59. The number of aliphatic hydroxyl groups excluding tert-OH is 1. The molecule has 2 aliphatic rings. The normalized spacial score (nSPS) is 33.0. The number of fused-ring (bicyclic) bond motifs is 1. The third-order valence-corrected chi connectivity index (χ3v) is 5.98. The first-order valence-electron chi connectivity index (χ1n) is 9.63. The van der Waals surface area contributed by atoms with Crippen LogP contribution < -0.4 is 0 Å². The minimum absolute atomic E-state index is 0.353. The predicted molar refractivity (Wildman–Crippen MR) is 99.3 cm³/mol. The van der Waals surface area contributed by atoms with E-state index in [-0.39, 0.29) is 0 Å². The number of hydrogen-bond acceptors (Lipinski definition) is 2. The summed E-state index contributed by atoms with van der Waals surface area (Å²) in [6.07, 6.45) is 10.7. The molecule has 0 saturated heterocycles. The van der Waals surface area contributed by atoms with Gasteiger partial charge in [0.2, 0.25) is 0 Å². The van der Waals surface area contributed by atoms with Gasteiger partial charge >= 0.3 is 0 Å². The molecule has 2 nitrogen and oxygen atoms in total. The zero-order valence-corrected chi connectivity index (χ0v) is 15.6. The third kappa shape index (κ3) is 5.46. The summed E-state index contributed by atoms with van der Waals surface area (Å²) in [5.74, 6) is 2.51. The molecule has 0 aliphatic heterocycles. The molecule has 2 saturated carbocycles. The molecule has 0 bridgehead atoms. The maximum atomic E-state index is 10.1. The summed E-state index contributed by atoms with van der Waals surface area (Å²) < 4.78 is 0. The Morgan fingerprint density at radius 3 is 2.52 bits per heavy atom. The summed E-state index contributed by atoms with van der Waals surface area (Å²) >= 11 is 0. The molecule has 2 aliphatic carbocycles. The average Bonchev–Trinajstić information content (AvgIpc) is 2.58. The zero-order valence-electron chi connectivity index (χ0n) is 15.6. The Morgan fingerprint density at radius 1 is 1.22 bits per heavy atom. The van der Waals surface area contributed by atoms with Crippen LogP contribution in [0.4, 0.5) is 0 Å². The average molecular weight is 323 g/mol. The van der Waals surface area contributed by atoms with E-state index in [0.29, 0.717) is 30.3 Å². The minimum atomic E-state index is -0.740. The van der Waals surface area contributed by atoms with Crippen LogP contribution in [0.25, 0.3) is 0 Å². The van der Waals surface area contributed by atoms with Crippen LogP contribution in [0.5, 0.6) is 0 Å². The van der Waals surface area contributed by atoms with Gasteiger partial charge in [-0.15, -0.1) is 6.58 Å². The predicted octanol–water partition coefficient (Wildman–Crippen LogP) is 5.11. The van der Waals surface area contributed by atoms with Crippen molar-refractivity contribution in [1.82, 2.24) is 0 Å². The fourth-order valence-corrected chi connectivity index (χ4v) is 4.61. The Labute approximate surface area is 143 Å². The van der Waals surface area contributed by atoms with Crippen molar-refractivity contribution in [3.05, 3.63) is 24.8 Å². The fourth-order valence-electron chi connectivity index (χ4n) is 4.61. The first-order valence-corrected chi connectivity index (χ1v) is 9.63. The summed E-state index contributed by atoms with van der Waals surface area (Å²) in [5.41, 5.74) is 0.670.